The van der Waals surface area contributed by atoms with Gasteiger partial charge in [0.2, 0.25) is 5.91 Å². The zero-order chi connectivity index (χ0) is 27.5. The average Bonchev–Trinajstić information content (AvgIpc) is 3.27. The number of carbonyl (C=O) groups is 2. The second-order valence-electron chi connectivity index (χ2n) is 12.1. The van der Waals surface area contributed by atoms with Gasteiger partial charge >= 0.3 is 6.09 Å². The maximum atomic E-state index is 14.0. The number of amides is 2. The minimum Gasteiger partial charge on any atom is -0.444 e. The molecule has 208 valence electrons. The van der Waals surface area contributed by atoms with Crippen LogP contribution in [0.1, 0.15) is 92.6 Å². The molecule has 1 aromatic rings. The summed E-state index contributed by atoms with van der Waals surface area (Å²) < 4.78 is 40.4. The third-order valence-corrected chi connectivity index (χ3v) is 7.33. The maximum absolute atomic E-state index is 14.0. The molecule has 2 heterocycles. The molecule has 1 aromatic carbocycles. The lowest BCUT2D eigenvalue weighted by molar-refractivity contribution is -0.145. The van der Waals surface area contributed by atoms with Crippen molar-refractivity contribution in [2.75, 3.05) is 6.54 Å². The zero-order valence-corrected chi connectivity index (χ0v) is 23.5. The van der Waals surface area contributed by atoms with Gasteiger partial charge in [-0.25, -0.2) is 13.6 Å². The van der Waals surface area contributed by atoms with Crippen molar-refractivity contribution in [2.45, 2.75) is 123 Å². The number of likely N-dealkylation sites (tertiary alicyclic amines) is 1. The molecule has 0 saturated carbocycles. The van der Waals surface area contributed by atoms with E-state index >= 15 is 0 Å². The first kappa shape index (κ1) is 29.3. The van der Waals surface area contributed by atoms with E-state index in [1.807, 2.05) is 34.6 Å². The summed E-state index contributed by atoms with van der Waals surface area (Å²) in [6.07, 6.45) is 5.61. The lowest BCUT2D eigenvalue weighted by atomic mass is 9.91. The predicted molar refractivity (Wildman–Crippen MR) is 139 cm³/mol. The SMILES string of the molecule is CCCCCC[C@@H]1C[C@H]([C@H]2OC(C)(C)N(C(C)=O)[C@H]2Cc2cc(F)cc(F)c2)N(C(=O)OC(C)(C)C)C1. The number of nitrogens with zero attached hydrogens (tertiary/aromatic N) is 2. The molecule has 0 radical (unpaired) electrons. The third kappa shape index (κ3) is 7.43. The van der Waals surface area contributed by atoms with Crippen LogP contribution in [-0.2, 0) is 20.7 Å². The molecule has 0 spiro atoms. The number of hydrogen-bond donors (Lipinski definition) is 0. The van der Waals surface area contributed by atoms with Gasteiger partial charge in [0.1, 0.15) is 29.1 Å². The fourth-order valence-electron chi connectivity index (χ4n) is 6.01. The van der Waals surface area contributed by atoms with Crippen LogP contribution >= 0.6 is 0 Å². The number of ether oxygens (including phenoxy) is 2. The van der Waals surface area contributed by atoms with Crippen molar-refractivity contribution in [3.63, 3.8) is 0 Å². The van der Waals surface area contributed by atoms with E-state index in [4.69, 9.17) is 9.47 Å². The first-order valence-corrected chi connectivity index (χ1v) is 13.6. The minimum atomic E-state index is -0.939. The van der Waals surface area contributed by atoms with Crippen LogP contribution in [-0.4, -0.2) is 57.9 Å². The highest BCUT2D eigenvalue weighted by Crippen LogP contribution is 2.41. The van der Waals surface area contributed by atoms with Crippen LogP contribution in [0.4, 0.5) is 13.6 Å². The summed E-state index contributed by atoms with van der Waals surface area (Å²) in [6, 6.07) is 2.60. The van der Waals surface area contributed by atoms with Crippen molar-refractivity contribution in [1.82, 2.24) is 9.80 Å². The number of rotatable bonds is 8. The Morgan fingerprint density at radius 1 is 1.11 bits per heavy atom. The van der Waals surface area contributed by atoms with Crippen LogP contribution in [0.15, 0.2) is 18.2 Å². The highest BCUT2D eigenvalue weighted by molar-refractivity contribution is 5.75. The zero-order valence-electron chi connectivity index (χ0n) is 23.5. The molecule has 37 heavy (non-hydrogen) atoms. The highest BCUT2D eigenvalue weighted by Gasteiger charge is 2.55. The molecule has 2 aliphatic heterocycles. The van der Waals surface area contributed by atoms with Crippen molar-refractivity contribution in [1.29, 1.82) is 0 Å². The lowest BCUT2D eigenvalue weighted by Gasteiger charge is -2.34. The Kier molecular flexibility index (Phi) is 9.25. The van der Waals surface area contributed by atoms with E-state index in [1.54, 1.807) is 9.80 Å². The van der Waals surface area contributed by atoms with E-state index in [-0.39, 0.29) is 18.4 Å². The summed E-state index contributed by atoms with van der Waals surface area (Å²) in [7, 11) is 0. The Hall–Kier alpha value is -2.22. The van der Waals surface area contributed by atoms with E-state index in [0.29, 0.717) is 18.0 Å². The molecule has 3 rings (SSSR count). The molecule has 0 bridgehead atoms. The van der Waals surface area contributed by atoms with Crippen LogP contribution in [0.5, 0.6) is 0 Å². The van der Waals surface area contributed by atoms with Crippen molar-refractivity contribution in [3.05, 3.63) is 35.4 Å². The van der Waals surface area contributed by atoms with E-state index in [1.165, 1.54) is 25.5 Å². The number of unbranched alkanes of at least 4 members (excludes halogenated alkanes) is 3. The van der Waals surface area contributed by atoms with Crippen LogP contribution < -0.4 is 0 Å². The summed E-state index contributed by atoms with van der Waals surface area (Å²) in [5.74, 6) is -1.22. The van der Waals surface area contributed by atoms with Crippen LogP contribution in [0.2, 0.25) is 0 Å². The summed E-state index contributed by atoms with van der Waals surface area (Å²) in [5, 5.41) is 0. The fraction of sp³-hybridized carbons (Fsp3) is 0.724. The Morgan fingerprint density at radius 2 is 1.76 bits per heavy atom. The number of hydrogen-bond acceptors (Lipinski definition) is 4. The van der Waals surface area contributed by atoms with Gasteiger partial charge in [-0.05, 0) is 77.5 Å². The van der Waals surface area contributed by atoms with Gasteiger partial charge in [0.15, 0.2) is 0 Å². The molecule has 6 nitrogen and oxygen atoms in total. The molecule has 2 aliphatic rings. The Labute approximate surface area is 220 Å². The van der Waals surface area contributed by atoms with Crippen LogP contribution in [0.25, 0.3) is 0 Å². The van der Waals surface area contributed by atoms with Gasteiger partial charge in [-0.3, -0.25) is 4.79 Å². The molecule has 2 amide bonds. The second-order valence-corrected chi connectivity index (χ2v) is 12.1. The van der Waals surface area contributed by atoms with E-state index in [9.17, 15) is 18.4 Å². The topological polar surface area (TPSA) is 59.1 Å². The average molecular weight is 523 g/mol. The first-order valence-electron chi connectivity index (χ1n) is 13.6. The van der Waals surface area contributed by atoms with E-state index < -0.39 is 41.2 Å². The molecule has 0 N–H and O–H groups in total. The molecule has 2 saturated heterocycles. The van der Waals surface area contributed by atoms with Gasteiger partial charge in [0.25, 0.3) is 0 Å². The monoisotopic (exact) mass is 522 g/mol. The van der Waals surface area contributed by atoms with E-state index in [0.717, 1.165) is 38.2 Å². The number of halogens is 2. The molecule has 0 aromatic heterocycles. The molecule has 4 atom stereocenters. The number of benzene rings is 1. The Morgan fingerprint density at radius 3 is 2.32 bits per heavy atom. The van der Waals surface area contributed by atoms with Gasteiger partial charge in [0.05, 0.1) is 12.1 Å². The third-order valence-electron chi connectivity index (χ3n) is 7.33. The normalized spacial score (nSPS) is 25.5. The molecular weight excluding hydrogens is 478 g/mol. The second kappa shape index (κ2) is 11.7. The summed E-state index contributed by atoms with van der Waals surface area (Å²) in [4.78, 5) is 29.6. The van der Waals surface area contributed by atoms with Gasteiger partial charge in [0, 0.05) is 19.5 Å². The van der Waals surface area contributed by atoms with Gasteiger partial charge in [-0.1, -0.05) is 32.6 Å². The number of carbonyl (C=O) groups excluding carboxylic acids is 2. The van der Waals surface area contributed by atoms with Crippen LogP contribution in [0, 0.1) is 17.6 Å². The van der Waals surface area contributed by atoms with Gasteiger partial charge in [-0.2, -0.15) is 0 Å². The molecule has 2 fully saturated rings. The standard InChI is InChI=1S/C29H44F2N2O4/c1-8-9-10-11-12-20-15-24(32(18-20)27(35)37-28(3,4)5)26-25(33(19(2)34)29(6,7)36-26)16-21-13-22(30)17-23(31)14-21/h13-14,17,20,24-26H,8-12,15-16,18H2,1-7H3/t20-,24-,25+,26-/m1/s1. The smallest absolute Gasteiger partial charge is 0.410 e. The molecule has 0 aliphatic carbocycles. The van der Waals surface area contributed by atoms with E-state index in [2.05, 4.69) is 6.92 Å². The largest absolute Gasteiger partial charge is 0.444 e. The summed E-state index contributed by atoms with van der Waals surface area (Å²) >= 11 is 0. The molecular formula is C29H44F2N2O4. The van der Waals surface area contributed by atoms with Crippen molar-refractivity contribution < 1.29 is 27.8 Å². The highest BCUT2D eigenvalue weighted by atomic mass is 19.1. The summed E-state index contributed by atoms with van der Waals surface area (Å²) in [5.41, 5.74) is -1.15. The fourth-order valence-corrected chi connectivity index (χ4v) is 6.01. The van der Waals surface area contributed by atoms with Crippen molar-refractivity contribution >= 4 is 12.0 Å². The van der Waals surface area contributed by atoms with Crippen molar-refractivity contribution in [3.8, 4) is 0 Å². The molecule has 8 heteroatoms. The predicted octanol–water partition coefficient (Wildman–Crippen LogP) is 6.46. The summed E-state index contributed by atoms with van der Waals surface area (Å²) in [6.45, 7) is 13.4. The minimum absolute atomic E-state index is 0.188. The Bertz CT molecular complexity index is 941. The Balaban J connectivity index is 1.94. The lowest BCUT2D eigenvalue weighted by Crippen LogP contribution is -2.52. The van der Waals surface area contributed by atoms with Crippen molar-refractivity contribution in [2.24, 2.45) is 5.92 Å². The molecule has 0 unspecified atom stereocenters. The van der Waals surface area contributed by atoms with Gasteiger partial charge < -0.3 is 19.3 Å². The van der Waals surface area contributed by atoms with Crippen LogP contribution in [0.3, 0.4) is 0 Å². The van der Waals surface area contributed by atoms with Gasteiger partial charge in [-0.15, -0.1) is 0 Å². The quantitative estimate of drug-likeness (QED) is 0.368. The maximum Gasteiger partial charge on any atom is 0.410 e. The first-order chi connectivity index (χ1) is 17.2.